The van der Waals surface area contributed by atoms with E-state index in [0.717, 1.165) is 30.2 Å². The van der Waals surface area contributed by atoms with Crippen LogP contribution in [-0.2, 0) is 0 Å². The van der Waals surface area contributed by atoms with Gasteiger partial charge in [-0.2, -0.15) is 0 Å². The molecular weight excluding hydrogens is 298 g/mol. The van der Waals surface area contributed by atoms with Gasteiger partial charge in [0.25, 0.3) is 0 Å². The van der Waals surface area contributed by atoms with Gasteiger partial charge in [-0.3, -0.25) is 0 Å². The van der Waals surface area contributed by atoms with Crippen LogP contribution in [0.3, 0.4) is 0 Å². The summed E-state index contributed by atoms with van der Waals surface area (Å²) in [7, 11) is 0. The lowest BCUT2D eigenvalue weighted by Gasteiger charge is -2.18. The summed E-state index contributed by atoms with van der Waals surface area (Å²) in [6.45, 7) is 11.2. The molecule has 2 atom stereocenters. The van der Waals surface area contributed by atoms with Gasteiger partial charge in [-0.25, -0.2) is 0 Å². The molecule has 0 spiro atoms. The molecular formula is C21H29NO2. The van der Waals surface area contributed by atoms with Crippen LogP contribution in [0.2, 0.25) is 0 Å². The van der Waals surface area contributed by atoms with Crippen LogP contribution in [0.4, 0.5) is 5.69 Å². The minimum Gasteiger partial charge on any atom is -0.491 e. The fourth-order valence-electron chi connectivity index (χ4n) is 2.32. The third-order valence-corrected chi connectivity index (χ3v) is 4.03. The lowest BCUT2D eigenvalue weighted by molar-refractivity contribution is 0.217. The second-order valence-corrected chi connectivity index (χ2v) is 6.44. The van der Waals surface area contributed by atoms with Crippen molar-refractivity contribution in [2.24, 2.45) is 0 Å². The summed E-state index contributed by atoms with van der Waals surface area (Å²) < 4.78 is 11.8. The molecule has 3 nitrogen and oxygen atoms in total. The molecule has 0 aliphatic rings. The number of aryl methyl sites for hydroxylation is 2. The van der Waals surface area contributed by atoms with E-state index in [0.29, 0.717) is 0 Å². The van der Waals surface area contributed by atoms with Gasteiger partial charge in [0.05, 0.1) is 12.6 Å². The summed E-state index contributed by atoms with van der Waals surface area (Å²) in [4.78, 5) is 0. The van der Waals surface area contributed by atoms with E-state index in [9.17, 15) is 0 Å². The predicted octanol–water partition coefficient (Wildman–Crippen LogP) is 5.36. The van der Waals surface area contributed by atoms with Gasteiger partial charge in [0.2, 0.25) is 0 Å². The van der Waals surface area contributed by atoms with Crippen molar-refractivity contribution in [2.45, 2.75) is 53.2 Å². The fraction of sp³-hybridized carbons (Fsp3) is 0.429. The van der Waals surface area contributed by atoms with Crippen molar-refractivity contribution in [3.05, 3.63) is 53.6 Å². The van der Waals surface area contributed by atoms with E-state index in [-0.39, 0.29) is 12.2 Å². The van der Waals surface area contributed by atoms with E-state index >= 15 is 0 Å². The first kappa shape index (κ1) is 18.2. The molecule has 0 unspecified atom stereocenters. The Labute approximate surface area is 146 Å². The summed E-state index contributed by atoms with van der Waals surface area (Å²) in [5.41, 5.74) is 3.45. The largest absolute Gasteiger partial charge is 0.491 e. The maximum atomic E-state index is 6.05. The number of hydrogen-bond donors (Lipinski definition) is 1. The summed E-state index contributed by atoms with van der Waals surface area (Å²) in [6, 6.07) is 14.4. The van der Waals surface area contributed by atoms with Gasteiger partial charge in [-0.1, -0.05) is 19.1 Å². The smallest absolute Gasteiger partial charge is 0.122 e. The zero-order valence-corrected chi connectivity index (χ0v) is 15.4. The first-order valence-electron chi connectivity index (χ1n) is 8.72. The van der Waals surface area contributed by atoms with Crippen molar-refractivity contribution >= 4 is 5.69 Å². The zero-order valence-electron chi connectivity index (χ0n) is 15.4. The molecule has 0 fully saturated rings. The molecule has 0 heterocycles. The zero-order chi connectivity index (χ0) is 17.5. The third kappa shape index (κ3) is 5.48. The molecule has 0 aliphatic heterocycles. The Balaban J connectivity index is 1.85. The molecule has 0 radical (unpaired) electrons. The number of benzene rings is 2. The van der Waals surface area contributed by atoms with Crippen molar-refractivity contribution in [3.63, 3.8) is 0 Å². The first-order chi connectivity index (χ1) is 11.5. The van der Waals surface area contributed by atoms with E-state index in [2.05, 4.69) is 58.1 Å². The molecule has 0 aliphatic carbocycles. The molecule has 2 aromatic carbocycles. The summed E-state index contributed by atoms with van der Waals surface area (Å²) >= 11 is 0. The highest BCUT2D eigenvalue weighted by Gasteiger charge is 2.07. The first-order valence-corrected chi connectivity index (χ1v) is 8.72. The maximum Gasteiger partial charge on any atom is 0.122 e. The number of rotatable bonds is 8. The Morgan fingerprint density at radius 3 is 2.29 bits per heavy atom. The van der Waals surface area contributed by atoms with Gasteiger partial charge < -0.3 is 14.8 Å². The van der Waals surface area contributed by atoms with Gasteiger partial charge in [-0.05, 0) is 75.6 Å². The molecule has 2 aromatic rings. The van der Waals surface area contributed by atoms with E-state index < -0.39 is 0 Å². The highest BCUT2D eigenvalue weighted by molar-refractivity contribution is 5.46. The van der Waals surface area contributed by atoms with Crippen LogP contribution in [0.5, 0.6) is 11.5 Å². The van der Waals surface area contributed by atoms with Crippen LogP contribution in [0.25, 0.3) is 0 Å². The van der Waals surface area contributed by atoms with E-state index in [4.69, 9.17) is 9.47 Å². The van der Waals surface area contributed by atoms with Crippen LogP contribution in [0, 0.1) is 13.8 Å². The molecule has 0 amide bonds. The average molecular weight is 327 g/mol. The van der Waals surface area contributed by atoms with E-state index in [1.807, 2.05) is 24.3 Å². The van der Waals surface area contributed by atoms with Crippen molar-refractivity contribution < 1.29 is 9.47 Å². The molecule has 0 saturated carbocycles. The van der Waals surface area contributed by atoms with Crippen LogP contribution in [-0.4, -0.2) is 18.8 Å². The highest BCUT2D eigenvalue weighted by atomic mass is 16.5. The average Bonchev–Trinajstić information content (AvgIpc) is 2.57. The monoisotopic (exact) mass is 327 g/mol. The molecule has 0 bridgehead atoms. The summed E-state index contributed by atoms with van der Waals surface area (Å²) in [5, 5.41) is 3.41. The van der Waals surface area contributed by atoms with Crippen molar-refractivity contribution in [1.82, 2.24) is 0 Å². The Bertz CT molecular complexity index is 637. The molecule has 24 heavy (non-hydrogen) atoms. The summed E-state index contributed by atoms with van der Waals surface area (Å²) in [5.74, 6) is 1.87. The lowest BCUT2D eigenvalue weighted by Crippen LogP contribution is -2.23. The standard InChI is InChI=1S/C21H29NO2/c1-6-17(4)23-20-11-9-19(10-12-20)22-14-18(5)24-21-13-15(2)7-8-16(21)3/h7-13,17-18,22H,6,14H2,1-5H3/t17-,18+/m0/s1. The number of ether oxygens (including phenoxy) is 2. The van der Waals surface area contributed by atoms with E-state index in [1.54, 1.807) is 0 Å². The van der Waals surface area contributed by atoms with Crippen LogP contribution in [0.1, 0.15) is 38.3 Å². The van der Waals surface area contributed by atoms with Gasteiger partial charge in [-0.15, -0.1) is 0 Å². The molecule has 0 aromatic heterocycles. The minimum absolute atomic E-state index is 0.0848. The number of nitrogens with one attached hydrogen (secondary N) is 1. The fourth-order valence-corrected chi connectivity index (χ4v) is 2.32. The second-order valence-electron chi connectivity index (χ2n) is 6.44. The van der Waals surface area contributed by atoms with Gasteiger partial charge in [0.15, 0.2) is 0 Å². The molecule has 0 saturated heterocycles. The van der Waals surface area contributed by atoms with Crippen molar-refractivity contribution in [3.8, 4) is 11.5 Å². The SMILES string of the molecule is CC[C@H](C)Oc1ccc(NC[C@@H](C)Oc2cc(C)ccc2C)cc1. The van der Waals surface area contributed by atoms with Crippen LogP contribution < -0.4 is 14.8 Å². The lowest BCUT2D eigenvalue weighted by atomic mass is 10.1. The Morgan fingerprint density at radius 2 is 1.62 bits per heavy atom. The number of anilines is 1. The third-order valence-electron chi connectivity index (χ3n) is 4.03. The van der Waals surface area contributed by atoms with Crippen molar-refractivity contribution in [1.29, 1.82) is 0 Å². The Kier molecular flexibility index (Phi) is 6.53. The Morgan fingerprint density at radius 1 is 0.917 bits per heavy atom. The second kappa shape index (κ2) is 8.62. The van der Waals surface area contributed by atoms with Gasteiger partial charge in [0, 0.05) is 5.69 Å². The minimum atomic E-state index is 0.0848. The quantitative estimate of drug-likeness (QED) is 0.708. The summed E-state index contributed by atoms with van der Waals surface area (Å²) in [6.07, 6.45) is 1.34. The van der Waals surface area contributed by atoms with Crippen molar-refractivity contribution in [2.75, 3.05) is 11.9 Å². The molecule has 1 N–H and O–H groups in total. The predicted molar refractivity (Wildman–Crippen MR) is 101 cm³/mol. The number of hydrogen-bond acceptors (Lipinski definition) is 3. The molecule has 2 rings (SSSR count). The van der Waals surface area contributed by atoms with Gasteiger partial charge >= 0.3 is 0 Å². The van der Waals surface area contributed by atoms with Crippen LogP contribution in [0.15, 0.2) is 42.5 Å². The highest BCUT2D eigenvalue weighted by Crippen LogP contribution is 2.21. The topological polar surface area (TPSA) is 30.5 Å². The van der Waals surface area contributed by atoms with E-state index in [1.165, 1.54) is 11.1 Å². The molecule has 3 heteroatoms. The van der Waals surface area contributed by atoms with Crippen LogP contribution >= 0.6 is 0 Å². The normalized spacial score (nSPS) is 13.2. The molecule has 130 valence electrons. The Hall–Kier alpha value is -2.16. The van der Waals surface area contributed by atoms with Gasteiger partial charge in [0.1, 0.15) is 17.6 Å². The maximum absolute atomic E-state index is 6.05.